The molecule has 0 saturated carbocycles. The van der Waals surface area contributed by atoms with E-state index in [9.17, 15) is 9.50 Å². The van der Waals surface area contributed by atoms with Crippen LogP contribution in [0.3, 0.4) is 0 Å². The molecule has 0 aromatic heterocycles. The second-order valence-electron chi connectivity index (χ2n) is 4.71. The number of fused-ring (bicyclic) bond motifs is 1. The summed E-state index contributed by atoms with van der Waals surface area (Å²) in [5, 5.41) is 10.8. The zero-order chi connectivity index (χ0) is 14.3. The maximum absolute atomic E-state index is 13.3. The normalized spacial score (nSPS) is 21.2. The lowest BCUT2D eigenvalue weighted by molar-refractivity contribution is 0.0650. The van der Waals surface area contributed by atoms with Crippen molar-refractivity contribution in [3.05, 3.63) is 62.8 Å². The van der Waals surface area contributed by atoms with Gasteiger partial charge in [-0.05, 0) is 24.3 Å². The van der Waals surface area contributed by atoms with Gasteiger partial charge in [-0.2, -0.15) is 0 Å². The summed E-state index contributed by atoms with van der Waals surface area (Å²) < 4.78 is 19.9. The second-order valence-corrected chi connectivity index (χ2v) is 6.00. The van der Waals surface area contributed by atoms with E-state index in [-0.39, 0.29) is 11.9 Å². The molecule has 5 heteroatoms. The highest BCUT2D eigenvalue weighted by atomic mass is 79.9. The minimum atomic E-state index is -0.674. The molecule has 0 fully saturated rings. The molecule has 0 amide bonds. The van der Waals surface area contributed by atoms with Crippen LogP contribution in [0.1, 0.15) is 29.8 Å². The summed E-state index contributed by atoms with van der Waals surface area (Å²) in [6, 6.07) is 9.56. The number of hydrogen-bond acceptors (Lipinski definition) is 2. The van der Waals surface area contributed by atoms with Crippen molar-refractivity contribution in [1.29, 1.82) is 0 Å². The second kappa shape index (κ2) is 5.35. The molecule has 2 nitrogen and oxygen atoms in total. The van der Waals surface area contributed by atoms with Crippen LogP contribution in [0.5, 0.6) is 5.75 Å². The molecule has 1 aliphatic heterocycles. The van der Waals surface area contributed by atoms with Gasteiger partial charge in [0, 0.05) is 33.1 Å². The average Bonchev–Trinajstić information content (AvgIpc) is 2.37. The van der Waals surface area contributed by atoms with E-state index >= 15 is 0 Å². The highest BCUT2D eigenvalue weighted by Crippen LogP contribution is 2.42. The summed E-state index contributed by atoms with van der Waals surface area (Å²) in [6.07, 6.45) is -0.600. The van der Waals surface area contributed by atoms with Gasteiger partial charge in [0.2, 0.25) is 0 Å². The Morgan fingerprint density at radius 2 is 1.95 bits per heavy atom. The van der Waals surface area contributed by atoms with Crippen molar-refractivity contribution in [3.63, 3.8) is 0 Å². The highest BCUT2D eigenvalue weighted by molar-refractivity contribution is 9.10. The molecule has 3 rings (SSSR count). The topological polar surface area (TPSA) is 29.5 Å². The molecule has 2 aromatic rings. The van der Waals surface area contributed by atoms with E-state index in [4.69, 9.17) is 16.3 Å². The molecule has 1 N–H and O–H groups in total. The van der Waals surface area contributed by atoms with E-state index in [0.29, 0.717) is 22.8 Å². The molecule has 0 saturated heterocycles. The van der Waals surface area contributed by atoms with Crippen LogP contribution in [0.2, 0.25) is 5.02 Å². The predicted octanol–water partition coefficient (Wildman–Crippen LogP) is 4.80. The molecule has 2 unspecified atom stereocenters. The monoisotopic (exact) mass is 356 g/mol. The highest BCUT2D eigenvalue weighted by Gasteiger charge is 2.29. The number of halogens is 3. The molecule has 0 bridgehead atoms. The van der Waals surface area contributed by atoms with Crippen LogP contribution >= 0.6 is 27.5 Å². The van der Waals surface area contributed by atoms with Gasteiger partial charge in [-0.15, -0.1) is 0 Å². The van der Waals surface area contributed by atoms with E-state index < -0.39 is 6.10 Å². The number of hydrogen-bond donors (Lipinski definition) is 1. The Kier molecular flexibility index (Phi) is 3.71. The van der Waals surface area contributed by atoms with Crippen LogP contribution in [0, 0.1) is 5.82 Å². The fraction of sp³-hybridized carbons (Fsp3) is 0.200. The molecular weight excluding hydrogens is 347 g/mol. The summed E-state index contributed by atoms with van der Waals surface area (Å²) >= 11 is 9.35. The standard InChI is InChI=1S/C15H11BrClFO2/c16-12-5-8(17)1-3-10(12)15-7-13(19)11-4-2-9(18)6-14(11)20-15/h1-6,13,15,19H,7H2. The van der Waals surface area contributed by atoms with E-state index in [2.05, 4.69) is 15.9 Å². The molecule has 104 valence electrons. The third kappa shape index (κ3) is 2.55. The van der Waals surface area contributed by atoms with Crippen molar-refractivity contribution in [1.82, 2.24) is 0 Å². The van der Waals surface area contributed by atoms with Gasteiger partial charge in [-0.1, -0.05) is 33.6 Å². The van der Waals surface area contributed by atoms with E-state index in [1.165, 1.54) is 12.1 Å². The van der Waals surface area contributed by atoms with Crippen LogP contribution in [-0.4, -0.2) is 5.11 Å². The van der Waals surface area contributed by atoms with Gasteiger partial charge in [0.25, 0.3) is 0 Å². The number of aliphatic hydroxyl groups excluding tert-OH is 1. The first kappa shape index (κ1) is 13.9. The Morgan fingerprint density at radius 3 is 2.70 bits per heavy atom. The zero-order valence-corrected chi connectivity index (χ0v) is 12.7. The lowest BCUT2D eigenvalue weighted by atomic mass is 9.95. The largest absolute Gasteiger partial charge is 0.485 e. The lowest BCUT2D eigenvalue weighted by Gasteiger charge is -2.30. The van der Waals surface area contributed by atoms with Gasteiger partial charge in [0.15, 0.2) is 0 Å². The first-order chi connectivity index (χ1) is 9.54. The van der Waals surface area contributed by atoms with Crippen molar-refractivity contribution in [2.24, 2.45) is 0 Å². The van der Waals surface area contributed by atoms with Gasteiger partial charge < -0.3 is 9.84 Å². The van der Waals surface area contributed by atoms with Crippen LogP contribution in [0.4, 0.5) is 4.39 Å². The molecule has 1 aliphatic rings. The lowest BCUT2D eigenvalue weighted by Crippen LogP contribution is -2.19. The van der Waals surface area contributed by atoms with Gasteiger partial charge >= 0.3 is 0 Å². The number of benzene rings is 2. The zero-order valence-electron chi connectivity index (χ0n) is 10.3. The molecule has 1 heterocycles. The Hall–Kier alpha value is -1.10. The number of ether oxygens (including phenoxy) is 1. The summed E-state index contributed by atoms with van der Waals surface area (Å²) in [6.45, 7) is 0. The van der Waals surface area contributed by atoms with E-state index in [1.807, 2.05) is 6.07 Å². The maximum Gasteiger partial charge on any atom is 0.128 e. The summed E-state index contributed by atoms with van der Waals surface area (Å²) in [4.78, 5) is 0. The van der Waals surface area contributed by atoms with Gasteiger partial charge in [-0.3, -0.25) is 0 Å². The van der Waals surface area contributed by atoms with Crippen LogP contribution < -0.4 is 4.74 Å². The SMILES string of the molecule is OC1CC(c2ccc(Cl)cc2Br)Oc2cc(F)ccc21. The van der Waals surface area contributed by atoms with E-state index in [1.54, 1.807) is 18.2 Å². The van der Waals surface area contributed by atoms with Crippen molar-refractivity contribution in [3.8, 4) is 5.75 Å². The van der Waals surface area contributed by atoms with Crippen LogP contribution in [0.25, 0.3) is 0 Å². The Labute approximate surface area is 129 Å². The fourth-order valence-electron chi connectivity index (χ4n) is 2.37. The molecule has 0 spiro atoms. The molecule has 20 heavy (non-hydrogen) atoms. The minimum Gasteiger partial charge on any atom is -0.485 e. The van der Waals surface area contributed by atoms with Gasteiger partial charge in [0.1, 0.15) is 17.7 Å². The van der Waals surface area contributed by atoms with Gasteiger partial charge in [0.05, 0.1) is 6.10 Å². The molecular formula is C15H11BrClFO2. The van der Waals surface area contributed by atoms with Crippen molar-refractivity contribution < 1.29 is 14.2 Å². The molecule has 2 aromatic carbocycles. The fourth-order valence-corrected chi connectivity index (χ4v) is 3.31. The molecule has 0 radical (unpaired) electrons. The third-order valence-electron chi connectivity index (χ3n) is 3.35. The maximum atomic E-state index is 13.3. The first-order valence-corrected chi connectivity index (χ1v) is 7.31. The van der Waals surface area contributed by atoms with Crippen LogP contribution in [-0.2, 0) is 0 Å². The quantitative estimate of drug-likeness (QED) is 0.794. The molecule has 0 aliphatic carbocycles. The molecule has 2 atom stereocenters. The number of rotatable bonds is 1. The van der Waals surface area contributed by atoms with Crippen molar-refractivity contribution >= 4 is 27.5 Å². The third-order valence-corrected chi connectivity index (χ3v) is 4.27. The summed E-state index contributed by atoms with van der Waals surface area (Å²) in [7, 11) is 0. The first-order valence-electron chi connectivity index (χ1n) is 6.13. The van der Waals surface area contributed by atoms with Gasteiger partial charge in [-0.25, -0.2) is 4.39 Å². The Bertz CT molecular complexity index is 662. The summed E-state index contributed by atoms with van der Waals surface area (Å²) in [5.74, 6) is 0.00220. The summed E-state index contributed by atoms with van der Waals surface area (Å²) in [5.41, 5.74) is 1.50. The minimum absolute atomic E-state index is 0.342. The van der Waals surface area contributed by atoms with E-state index in [0.717, 1.165) is 10.0 Å². The smallest absolute Gasteiger partial charge is 0.128 e. The van der Waals surface area contributed by atoms with Crippen molar-refractivity contribution in [2.75, 3.05) is 0 Å². The van der Waals surface area contributed by atoms with Crippen molar-refractivity contribution in [2.45, 2.75) is 18.6 Å². The Balaban J connectivity index is 1.98. The Morgan fingerprint density at radius 1 is 1.20 bits per heavy atom. The predicted molar refractivity (Wildman–Crippen MR) is 78.5 cm³/mol. The average molecular weight is 358 g/mol. The van der Waals surface area contributed by atoms with Crippen LogP contribution in [0.15, 0.2) is 40.9 Å². The number of aliphatic hydroxyl groups is 1.